The first-order valence-electron chi connectivity index (χ1n) is 3.64. The number of halogens is 2. The van der Waals surface area contributed by atoms with Crippen molar-refractivity contribution < 1.29 is 14.3 Å². The quantitative estimate of drug-likeness (QED) is 0.643. The van der Waals surface area contributed by atoms with E-state index in [1.807, 2.05) is 0 Å². The van der Waals surface area contributed by atoms with Gasteiger partial charge < -0.3 is 5.11 Å². The van der Waals surface area contributed by atoms with Crippen molar-refractivity contribution in [2.45, 2.75) is 6.92 Å². The van der Waals surface area contributed by atoms with E-state index in [9.17, 15) is 14.3 Å². The predicted octanol–water partition coefficient (Wildman–Crippen LogP) is 2.42. The SMILES string of the molecule is Cc1cc(O)c(C(=O)CBr)c(F)c1. The minimum absolute atomic E-state index is 0.000537. The zero-order valence-electron chi connectivity index (χ0n) is 6.97. The Hall–Kier alpha value is -0.900. The number of phenols is 1. The third-order valence-electron chi connectivity index (χ3n) is 1.61. The molecule has 70 valence electrons. The maximum atomic E-state index is 13.1. The maximum absolute atomic E-state index is 13.1. The number of hydrogen-bond acceptors (Lipinski definition) is 2. The van der Waals surface area contributed by atoms with Crippen LogP contribution in [0.5, 0.6) is 5.75 Å². The van der Waals surface area contributed by atoms with E-state index in [2.05, 4.69) is 15.9 Å². The summed E-state index contributed by atoms with van der Waals surface area (Å²) < 4.78 is 13.1. The number of benzene rings is 1. The first-order chi connectivity index (χ1) is 6.06. The fourth-order valence-corrected chi connectivity index (χ4v) is 1.35. The van der Waals surface area contributed by atoms with Crippen molar-refractivity contribution in [2.24, 2.45) is 0 Å². The molecule has 1 aromatic carbocycles. The Bertz CT molecular complexity index is 326. The molecule has 1 rings (SSSR count). The first-order valence-corrected chi connectivity index (χ1v) is 4.76. The number of phenolic OH excluding ortho intramolecular Hbond substituents is 1. The van der Waals surface area contributed by atoms with Crippen LogP contribution in [0, 0.1) is 12.7 Å². The van der Waals surface area contributed by atoms with Crippen molar-refractivity contribution in [1.29, 1.82) is 0 Å². The van der Waals surface area contributed by atoms with Crippen molar-refractivity contribution in [3.05, 3.63) is 29.1 Å². The third-order valence-corrected chi connectivity index (χ3v) is 2.12. The molecule has 0 bridgehead atoms. The Kier molecular flexibility index (Phi) is 3.03. The summed E-state index contributed by atoms with van der Waals surface area (Å²) >= 11 is 2.91. The Morgan fingerprint density at radius 1 is 1.62 bits per heavy atom. The van der Waals surface area contributed by atoms with Gasteiger partial charge in [0.05, 0.1) is 10.9 Å². The van der Waals surface area contributed by atoms with Gasteiger partial charge in [0.1, 0.15) is 11.6 Å². The molecule has 2 nitrogen and oxygen atoms in total. The van der Waals surface area contributed by atoms with Gasteiger partial charge >= 0.3 is 0 Å². The van der Waals surface area contributed by atoms with Crippen LogP contribution >= 0.6 is 15.9 Å². The molecule has 1 N–H and O–H groups in total. The number of carbonyl (C=O) groups is 1. The highest BCUT2D eigenvalue weighted by atomic mass is 79.9. The zero-order valence-corrected chi connectivity index (χ0v) is 8.56. The minimum atomic E-state index is -0.679. The predicted molar refractivity (Wildman–Crippen MR) is 50.9 cm³/mol. The lowest BCUT2D eigenvalue weighted by Gasteiger charge is -2.04. The van der Waals surface area contributed by atoms with E-state index >= 15 is 0 Å². The molecule has 0 amide bonds. The Balaban J connectivity index is 3.28. The van der Waals surface area contributed by atoms with Crippen molar-refractivity contribution in [2.75, 3.05) is 5.33 Å². The second-order valence-electron chi connectivity index (χ2n) is 2.70. The lowest BCUT2D eigenvalue weighted by molar-refractivity contribution is 0.101. The van der Waals surface area contributed by atoms with Crippen LogP contribution in [0.3, 0.4) is 0 Å². The van der Waals surface area contributed by atoms with Crippen LogP contribution in [0.4, 0.5) is 4.39 Å². The van der Waals surface area contributed by atoms with Gasteiger partial charge in [-0.3, -0.25) is 4.79 Å². The molecule has 0 fully saturated rings. The van der Waals surface area contributed by atoms with E-state index in [0.717, 1.165) is 0 Å². The van der Waals surface area contributed by atoms with Gasteiger partial charge in [-0.2, -0.15) is 0 Å². The summed E-state index contributed by atoms with van der Waals surface area (Å²) in [6.45, 7) is 1.64. The lowest BCUT2D eigenvalue weighted by atomic mass is 10.1. The minimum Gasteiger partial charge on any atom is -0.507 e. The molecule has 0 aliphatic rings. The number of aryl methyl sites for hydroxylation is 1. The summed E-state index contributed by atoms with van der Waals surface area (Å²) in [7, 11) is 0. The fraction of sp³-hybridized carbons (Fsp3) is 0.222. The molecule has 0 unspecified atom stereocenters. The van der Waals surface area contributed by atoms with E-state index in [0.29, 0.717) is 5.56 Å². The zero-order chi connectivity index (χ0) is 10.0. The largest absolute Gasteiger partial charge is 0.507 e. The van der Waals surface area contributed by atoms with Gasteiger partial charge in [-0.25, -0.2) is 4.39 Å². The summed E-state index contributed by atoms with van der Waals surface area (Å²) in [5.41, 5.74) is 0.337. The Morgan fingerprint density at radius 2 is 2.23 bits per heavy atom. The lowest BCUT2D eigenvalue weighted by Crippen LogP contribution is -2.04. The highest BCUT2D eigenvalue weighted by Crippen LogP contribution is 2.23. The monoisotopic (exact) mass is 246 g/mol. The Labute approximate surface area is 83.5 Å². The normalized spacial score (nSPS) is 10.1. The van der Waals surface area contributed by atoms with Crippen LogP contribution in [0.25, 0.3) is 0 Å². The van der Waals surface area contributed by atoms with E-state index < -0.39 is 11.6 Å². The van der Waals surface area contributed by atoms with Crippen LogP contribution in [-0.2, 0) is 0 Å². The molecule has 1 aromatic rings. The highest BCUT2D eigenvalue weighted by Gasteiger charge is 2.15. The van der Waals surface area contributed by atoms with E-state index in [1.165, 1.54) is 12.1 Å². The van der Waals surface area contributed by atoms with Gasteiger partial charge in [-0.15, -0.1) is 0 Å². The van der Waals surface area contributed by atoms with Gasteiger partial charge in [0, 0.05) is 0 Å². The molecule has 0 aliphatic heterocycles. The maximum Gasteiger partial charge on any atom is 0.180 e. The van der Waals surface area contributed by atoms with Crippen LogP contribution in [-0.4, -0.2) is 16.2 Å². The summed E-state index contributed by atoms with van der Waals surface area (Å²) in [6, 6.07) is 2.58. The van der Waals surface area contributed by atoms with Crippen molar-refractivity contribution in [3.8, 4) is 5.75 Å². The average Bonchev–Trinajstić information content (AvgIpc) is 2.02. The van der Waals surface area contributed by atoms with Crippen LogP contribution in [0.2, 0.25) is 0 Å². The van der Waals surface area contributed by atoms with E-state index in [4.69, 9.17) is 0 Å². The number of hydrogen-bond donors (Lipinski definition) is 1. The topological polar surface area (TPSA) is 37.3 Å². The molecule has 4 heteroatoms. The van der Waals surface area contributed by atoms with Gasteiger partial charge in [-0.05, 0) is 24.6 Å². The second-order valence-corrected chi connectivity index (χ2v) is 3.26. The van der Waals surface area contributed by atoms with Crippen LogP contribution in [0.1, 0.15) is 15.9 Å². The molecule has 0 aliphatic carbocycles. The van der Waals surface area contributed by atoms with Crippen LogP contribution < -0.4 is 0 Å². The van der Waals surface area contributed by atoms with Crippen molar-refractivity contribution >= 4 is 21.7 Å². The first kappa shape index (κ1) is 10.2. The average molecular weight is 247 g/mol. The summed E-state index contributed by atoms with van der Waals surface area (Å²) in [4.78, 5) is 11.1. The van der Waals surface area contributed by atoms with Gasteiger partial charge in [0.25, 0.3) is 0 Å². The number of alkyl halides is 1. The second kappa shape index (κ2) is 3.87. The molecule has 0 aromatic heterocycles. The van der Waals surface area contributed by atoms with Gasteiger partial charge in [0.2, 0.25) is 0 Å². The van der Waals surface area contributed by atoms with Crippen LogP contribution in [0.15, 0.2) is 12.1 Å². The molecular formula is C9H8BrFO2. The fourth-order valence-electron chi connectivity index (χ4n) is 1.07. The summed E-state index contributed by atoms with van der Waals surface area (Å²) in [6.07, 6.45) is 0. The number of aromatic hydroxyl groups is 1. The standard InChI is InChI=1S/C9H8BrFO2/c1-5-2-6(11)9(7(12)3-5)8(13)4-10/h2-3,12H,4H2,1H3. The van der Waals surface area contributed by atoms with E-state index in [-0.39, 0.29) is 16.6 Å². The molecule has 0 spiro atoms. The molecular weight excluding hydrogens is 239 g/mol. The molecule has 0 heterocycles. The summed E-state index contributed by atoms with van der Waals surface area (Å²) in [5.74, 6) is -1.45. The Morgan fingerprint density at radius 3 is 2.69 bits per heavy atom. The van der Waals surface area contributed by atoms with Crippen molar-refractivity contribution in [3.63, 3.8) is 0 Å². The number of Topliss-reactive ketones (excluding diaryl/α,β-unsaturated/α-hetero) is 1. The number of rotatable bonds is 2. The van der Waals surface area contributed by atoms with E-state index in [1.54, 1.807) is 6.92 Å². The number of ketones is 1. The highest BCUT2D eigenvalue weighted by molar-refractivity contribution is 9.09. The molecule has 0 radical (unpaired) electrons. The smallest absolute Gasteiger partial charge is 0.180 e. The third kappa shape index (κ3) is 2.06. The molecule has 0 saturated heterocycles. The van der Waals surface area contributed by atoms with Gasteiger partial charge in [-0.1, -0.05) is 15.9 Å². The molecule has 0 saturated carbocycles. The van der Waals surface area contributed by atoms with Gasteiger partial charge in [0.15, 0.2) is 5.78 Å². The molecule has 13 heavy (non-hydrogen) atoms. The summed E-state index contributed by atoms with van der Waals surface area (Å²) in [5, 5.41) is 9.29. The number of carbonyl (C=O) groups excluding carboxylic acids is 1. The van der Waals surface area contributed by atoms with Crippen molar-refractivity contribution in [1.82, 2.24) is 0 Å². The molecule has 0 atom stereocenters.